The predicted molar refractivity (Wildman–Crippen MR) is 127 cm³/mol. The van der Waals surface area contributed by atoms with E-state index in [0.717, 1.165) is 13.1 Å². The fourth-order valence-corrected chi connectivity index (χ4v) is 3.33. The Morgan fingerprint density at radius 3 is 1.31 bits per heavy atom. The van der Waals surface area contributed by atoms with E-state index in [4.69, 9.17) is 0 Å². The smallest absolute Gasteiger partial charge is 0.267 e. The first-order valence-electron chi connectivity index (χ1n) is 10.4. The Balaban J connectivity index is 0.000000181. The molecule has 0 spiro atoms. The van der Waals surface area contributed by atoms with E-state index in [9.17, 15) is 9.59 Å². The summed E-state index contributed by atoms with van der Waals surface area (Å²) in [6.07, 6.45) is 3.83. The van der Waals surface area contributed by atoms with Gasteiger partial charge >= 0.3 is 0 Å². The Bertz CT molecular complexity index is 1040. The zero-order valence-electron chi connectivity index (χ0n) is 18.4. The van der Waals surface area contributed by atoms with Crippen molar-refractivity contribution in [1.82, 2.24) is 19.8 Å². The van der Waals surface area contributed by atoms with Gasteiger partial charge in [-0.25, -0.2) is 0 Å². The first kappa shape index (κ1) is 22.6. The van der Waals surface area contributed by atoms with Gasteiger partial charge in [0.1, 0.15) is 11.4 Å². The second-order valence-electron chi connectivity index (χ2n) is 7.17. The van der Waals surface area contributed by atoms with Gasteiger partial charge in [0, 0.05) is 39.6 Å². The van der Waals surface area contributed by atoms with E-state index in [-0.39, 0.29) is 11.8 Å². The minimum Gasteiger partial charge on any atom is -0.354 e. The molecule has 0 saturated carbocycles. The van der Waals surface area contributed by atoms with E-state index in [0.29, 0.717) is 11.4 Å². The summed E-state index contributed by atoms with van der Waals surface area (Å²) in [7, 11) is 3.28. The van der Waals surface area contributed by atoms with E-state index in [1.807, 2.05) is 106 Å². The van der Waals surface area contributed by atoms with Crippen LogP contribution in [0.2, 0.25) is 0 Å². The number of aromatic nitrogens is 2. The molecule has 0 radical (unpaired) electrons. The highest BCUT2D eigenvalue weighted by atomic mass is 16.2. The fourth-order valence-electron chi connectivity index (χ4n) is 3.33. The molecule has 0 aliphatic rings. The van der Waals surface area contributed by atoms with Crippen molar-refractivity contribution in [2.45, 2.75) is 13.1 Å². The molecule has 2 amide bonds. The Morgan fingerprint density at radius 1 is 0.594 bits per heavy atom. The van der Waals surface area contributed by atoms with Crippen molar-refractivity contribution in [1.29, 1.82) is 0 Å². The molecular weight excluding hydrogens is 400 g/mol. The minimum absolute atomic E-state index is 0.0547. The summed E-state index contributed by atoms with van der Waals surface area (Å²) < 4.78 is 3.88. The summed E-state index contributed by atoms with van der Waals surface area (Å²) >= 11 is 0. The van der Waals surface area contributed by atoms with Crippen LogP contribution in [-0.4, -0.2) is 35.0 Å². The van der Waals surface area contributed by atoms with Gasteiger partial charge in [-0.3, -0.25) is 9.59 Å². The van der Waals surface area contributed by atoms with Crippen molar-refractivity contribution < 1.29 is 9.59 Å². The molecule has 2 aromatic carbocycles. The molecule has 164 valence electrons. The number of benzene rings is 2. The third-order valence-electron chi connectivity index (χ3n) is 4.97. The van der Waals surface area contributed by atoms with Crippen LogP contribution < -0.4 is 10.6 Å². The Kier molecular flexibility index (Phi) is 8.03. The van der Waals surface area contributed by atoms with Gasteiger partial charge in [0.05, 0.1) is 0 Å². The van der Waals surface area contributed by atoms with Crippen LogP contribution in [0.1, 0.15) is 32.1 Å². The van der Waals surface area contributed by atoms with Gasteiger partial charge in [-0.05, 0) is 35.4 Å². The number of amides is 2. The SMILES string of the molecule is CNC(=O)c1cccn1Cc1ccccc1.CNC(=O)c1cccn1Cc1ccccc1. The number of carbonyl (C=O) groups is 2. The molecule has 32 heavy (non-hydrogen) atoms. The van der Waals surface area contributed by atoms with Crippen molar-refractivity contribution in [3.05, 3.63) is 120 Å². The van der Waals surface area contributed by atoms with Gasteiger partial charge < -0.3 is 19.8 Å². The number of carbonyl (C=O) groups excluding carboxylic acids is 2. The molecule has 0 aliphatic carbocycles. The van der Waals surface area contributed by atoms with Crippen LogP contribution in [0.4, 0.5) is 0 Å². The normalized spacial score (nSPS) is 10.1. The molecule has 0 unspecified atom stereocenters. The van der Waals surface area contributed by atoms with Crippen LogP contribution >= 0.6 is 0 Å². The molecule has 0 aliphatic heterocycles. The van der Waals surface area contributed by atoms with Gasteiger partial charge in [0.15, 0.2) is 0 Å². The van der Waals surface area contributed by atoms with Gasteiger partial charge in [-0.1, -0.05) is 60.7 Å². The number of rotatable bonds is 6. The topological polar surface area (TPSA) is 68.1 Å². The van der Waals surface area contributed by atoms with Crippen molar-refractivity contribution in [2.75, 3.05) is 14.1 Å². The number of nitrogens with one attached hydrogen (secondary N) is 2. The summed E-state index contributed by atoms with van der Waals surface area (Å²) in [5.41, 5.74) is 3.74. The van der Waals surface area contributed by atoms with Gasteiger partial charge in [-0.15, -0.1) is 0 Å². The first-order valence-corrected chi connectivity index (χ1v) is 10.4. The maximum absolute atomic E-state index is 11.6. The lowest BCUT2D eigenvalue weighted by Crippen LogP contribution is -2.21. The average Bonchev–Trinajstić information content (AvgIpc) is 3.49. The molecule has 2 heterocycles. The number of hydrogen-bond acceptors (Lipinski definition) is 2. The zero-order chi connectivity index (χ0) is 22.8. The van der Waals surface area contributed by atoms with Crippen molar-refractivity contribution >= 4 is 11.8 Å². The van der Waals surface area contributed by atoms with Crippen LogP contribution in [0.25, 0.3) is 0 Å². The molecule has 0 saturated heterocycles. The molecule has 2 N–H and O–H groups in total. The van der Waals surface area contributed by atoms with E-state index < -0.39 is 0 Å². The highest BCUT2D eigenvalue weighted by Gasteiger charge is 2.09. The third kappa shape index (κ3) is 5.98. The Labute approximate surface area is 188 Å². The monoisotopic (exact) mass is 428 g/mol. The summed E-state index contributed by atoms with van der Waals surface area (Å²) in [6.45, 7) is 1.44. The van der Waals surface area contributed by atoms with Crippen LogP contribution in [0.5, 0.6) is 0 Å². The third-order valence-corrected chi connectivity index (χ3v) is 4.97. The Hall–Kier alpha value is -4.06. The zero-order valence-corrected chi connectivity index (χ0v) is 18.4. The molecule has 0 bridgehead atoms. The highest BCUT2D eigenvalue weighted by molar-refractivity contribution is 5.92. The number of hydrogen-bond donors (Lipinski definition) is 2. The van der Waals surface area contributed by atoms with Crippen molar-refractivity contribution in [2.24, 2.45) is 0 Å². The van der Waals surface area contributed by atoms with Crippen LogP contribution in [0, 0.1) is 0 Å². The number of nitrogens with zero attached hydrogens (tertiary/aromatic N) is 2. The average molecular weight is 429 g/mol. The molecule has 4 aromatic rings. The summed E-state index contributed by atoms with van der Waals surface area (Å²) in [6, 6.07) is 27.6. The fraction of sp³-hybridized carbons (Fsp3) is 0.154. The van der Waals surface area contributed by atoms with E-state index in [1.54, 1.807) is 14.1 Å². The van der Waals surface area contributed by atoms with E-state index in [1.165, 1.54) is 11.1 Å². The standard InChI is InChI=1S/2C13H14N2O/c2*1-14-13(16)12-8-5-9-15(12)10-11-6-3-2-4-7-11/h2*2-9H,10H2,1H3,(H,14,16). The maximum atomic E-state index is 11.6. The molecule has 4 rings (SSSR count). The first-order chi connectivity index (χ1) is 15.6. The minimum atomic E-state index is -0.0547. The van der Waals surface area contributed by atoms with Crippen LogP contribution in [0.15, 0.2) is 97.3 Å². The Morgan fingerprint density at radius 2 is 0.969 bits per heavy atom. The van der Waals surface area contributed by atoms with Gasteiger partial charge in [0.25, 0.3) is 11.8 Å². The second kappa shape index (κ2) is 11.4. The molecule has 0 fully saturated rings. The molecule has 6 nitrogen and oxygen atoms in total. The molecular formula is C26H28N4O2. The second-order valence-corrected chi connectivity index (χ2v) is 7.17. The van der Waals surface area contributed by atoms with Crippen LogP contribution in [-0.2, 0) is 13.1 Å². The lowest BCUT2D eigenvalue weighted by atomic mass is 10.2. The van der Waals surface area contributed by atoms with E-state index in [2.05, 4.69) is 10.6 Å². The molecule has 0 atom stereocenters. The van der Waals surface area contributed by atoms with Crippen LogP contribution in [0.3, 0.4) is 0 Å². The lowest BCUT2D eigenvalue weighted by molar-refractivity contribution is 0.0946. The lowest BCUT2D eigenvalue weighted by Gasteiger charge is -2.07. The van der Waals surface area contributed by atoms with Gasteiger partial charge in [0.2, 0.25) is 0 Å². The summed E-state index contributed by atoms with van der Waals surface area (Å²) in [4.78, 5) is 23.1. The van der Waals surface area contributed by atoms with Gasteiger partial charge in [-0.2, -0.15) is 0 Å². The highest BCUT2D eigenvalue weighted by Crippen LogP contribution is 2.08. The largest absolute Gasteiger partial charge is 0.354 e. The van der Waals surface area contributed by atoms with Crippen molar-refractivity contribution in [3.8, 4) is 0 Å². The maximum Gasteiger partial charge on any atom is 0.267 e. The quantitative estimate of drug-likeness (QED) is 0.491. The predicted octanol–water partition coefficient (Wildman–Crippen LogP) is 3.79. The summed E-state index contributed by atoms with van der Waals surface area (Å²) in [5.74, 6) is -0.109. The molecule has 2 aromatic heterocycles. The van der Waals surface area contributed by atoms with E-state index >= 15 is 0 Å². The molecule has 6 heteroatoms. The summed E-state index contributed by atoms with van der Waals surface area (Å²) in [5, 5.41) is 5.27. The van der Waals surface area contributed by atoms with Crippen molar-refractivity contribution in [3.63, 3.8) is 0 Å².